The normalized spacial score (nSPS) is 18.7. The van der Waals surface area contributed by atoms with E-state index in [0.29, 0.717) is 12.0 Å². The third kappa shape index (κ3) is 6.29. The first kappa shape index (κ1) is 17.0. The molecule has 1 saturated heterocycles. The van der Waals surface area contributed by atoms with Gasteiger partial charge in [-0.15, -0.1) is 6.54 Å². The zero-order chi connectivity index (χ0) is 14.1. The van der Waals surface area contributed by atoms with Gasteiger partial charge in [0.05, 0.1) is 5.69 Å². The van der Waals surface area contributed by atoms with E-state index < -0.39 is 0 Å². The van der Waals surface area contributed by atoms with Gasteiger partial charge in [-0.05, 0) is 23.8 Å². The van der Waals surface area contributed by atoms with Gasteiger partial charge in [-0.1, -0.05) is 50.9 Å². The van der Waals surface area contributed by atoms with E-state index in [-0.39, 0.29) is 13.1 Å². The van der Waals surface area contributed by atoms with Crippen molar-refractivity contribution >= 4 is 32.1 Å². The molecule has 0 aliphatic carbocycles. The number of nitrogens with zero attached hydrogens (tertiary/aromatic N) is 2. The van der Waals surface area contributed by atoms with Gasteiger partial charge in [-0.3, -0.25) is 4.99 Å². The van der Waals surface area contributed by atoms with Gasteiger partial charge in [0.1, 0.15) is 0 Å². The Hall–Kier alpha value is -0.0505. The van der Waals surface area contributed by atoms with Gasteiger partial charge in [0.25, 0.3) is 0 Å². The zero-order valence-electron chi connectivity index (χ0n) is 11.2. The average Bonchev–Trinajstić information content (AvgIpc) is 2.90. The summed E-state index contributed by atoms with van der Waals surface area (Å²) in [5.74, 6) is 0.522. The summed E-state index contributed by atoms with van der Waals surface area (Å²) in [7, 11) is 9.53. The molecule has 2 rings (SSSR count). The van der Waals surface area contributed by atoms with Crippen molar-refractivity contribution in [2.75, 3.05) is 6.54 Å². The van der Waals surface area contributed by atoms with Crippen LogP contribution < -0.4 is 0 Å². The van der Waals surface area contributed by atoms with Crippen LogP contribution in [0, 0.1) is 0 Å². The number of benzene rings is 1. The summed E-state index contributed by atoms with van der Waals surface area (Å²) in [5.41, 5.74) is 2.41. The Morgan fingerprint density at radius 1 is 1.37 bits per heavy atom. The molecule has 0 amide bonds. The molecule has 19 heavy (non-hydrogen) atoms. The third-order valence-electron chi connectivity index (χ3n) is 2.97. The minimum absolute atomic E-state index is 0.194. The van der Waals surface area contributed by atoms with Crippen LogP contribution in [0.5, 0.6) is 0 Å². The average molecular weight is 342 g/mol. The molecule has 0 aromatic heterocycles. The van der Waals surface area contributed by atoms with Crippen LogP contribution in [0.1, 0.15) is 38.2 Å². The molecule has 1 atom stereocenters. The SMILES string of the molecule is CC(C)c1ccccc1N=CC1CCC[N-]1.[Cl][Fe+][Cl]. The fraction of sp³-hybridized carbons (Fsp3) is 0.500. The molecule has 0 bridgehead atoms. The Labute approximate surface area is 130 Å². The van der Waals surface area contributed by atoms with Crippen LogP contribution in [-0.4, -0.2) is 18.8 Å². The van der Waals surface area contributed by atoms with E-state index in [0.717, 1.165) is 18.7 Å². The second kappa shape index (κ2) is 9.79. The van der Waals surface area contributed by atoms with Gasteiger partial charge >= 0.3 is 33.3 Å². The number of hydrogen-bond acceptors (Lipinski definition) is 1. The van der Waals surface area contributed by atoms with Crippen molar-refractivity contribution in [3.8, 4) is 0 Å². The van der Waals surface area contributed by atoms with Gasteiger partial charge in [-0.2, -0.15) is 0 Å². The van der Waals surface area contributed by atoms with Crippen molar-refractivity contribution in [1.82, 2.24) is 0 Å². The number of para-hydroxylation sites is 1. The molecule has 1 aromatic rings. The van der Waals surface area contributed by atoms with E-state index in [1.54, 1.807) is 0 Å². The van der Waals surface area contributed by atoms with Crippen LogP contribution in [0.15, 0.2) is 29.3 Å². The maximum absolute atomic E-state index is 4.76. The number of rotatable bonds is 3. The molecule has 5 heteroatoms. The van der Waals surface area contributed by atoms with Gasteiger partial charge < -0.3 is 5.32 Å². The first-order chi connectivity index (χ1) is 9.19. The van der Waals surface area contributed by atoms with Crippen LogP contribution in [0.25, 0.3) is 5.32 Å². The Bertz CT molecular complexity index is 391. The van der Waals surface area contributed by atoms with Crippen LogP contribution in [0.2, 0.25) is 0 Å². The van der Waals surface area contributed by atoms with Crippen molar-refractivity contribution < 1.29 is 13.1 Å². The number of aliphatic imine (C=N–C) groups is 1. The van der Waals surface area contributed by atoms with Crippen molar-refractivity contribution in [3.63, 3.8) is 0 Å². The molecule has 1 aromatic carbocycles. The Balaban J connectivity index is 0.000000550. The monoisotopic (exact) mass is 341 g/mol. The Morgan fingerprint density at radius 3 is 2.63 bits per heavy atom. The van der Waals surface area contributed by atoms with E-state index in [9.17, 15) is 0 Å². The van der Waals surface area contributed by atoms with Gasteiger partial charge in [0, 0.05) is 0 Å². The van der Waals surface area contributed by atoms with Crippen LogP contribution in [-0.2, 0) is 13.1 Å². The number of hydrogen-bond donors (Lipinski definition) is 0. The maximum atomic E-state index is 4.76. The van der Waals surface area contributed by atoms with E-state index in [2.05, 4.69) is 42.4 Å². The molecule has 2 nitrogen and oxygen atoms in total. The predicted molar refractivity (Wildman–Crippen MR) is 81.6 cm³/mol. The van der Waals surface area contributed by atoms with Gasteiger partial charge in [0.15, 0.2) is 0 Å². The molecular weight excluding hydrogens is 323 g/mol. The zero-order valence-corrected chi connectivity index (χ0v) is 13.8. The van der Waals surface area contributed by atoms with E-state index in [4.69, 9.17) is 20.2 Å². The summed E-state index contributed by atoms with van der Waals surface area (Å²) in [6, 6.07) is 8.71. The number of halogens is 2. The van der Waals surface area contributed by atoms with Crippen LogP contribution in [0.4, 0.5) is 5.69 Å². The molecule has 1 aliphatic heterocycles. The molecule has 1 unspecified atom stereocenters. The van der Waals surface area contributed by atoms with Crippen molar-refractivity contribution in [3.05, 3.63) is 35.1 Å². The fourth-order valence-corrected chi connectivity index (χ4v) is 2.03. The molecular formula is C14H19Cl2FeN2. The summed E-state index contributed by atoms with van der Waals surface area (Å²) in [6.45, 7) is 5.41. The Kier molecular flexibility index (Phi) is 8.76. The Morgan fingerprint density at radius 2 is 2.05 bits per heavy atom. The summed E-state index contributed by atoms with van der Waals surface area (Å²) < 4.78 is 0. The molecule has 107 valence electrons. The van der Waals surface area contributed by atoms with E-state index in [1.165, 1.54) is 12.0 Å². The standard InChI is InChI=1S/C14H19N2.2ClH.Fe/c1-11(2)13-7-3-4-8-14(13)16-10-12-6-5-9-15-12;;;/h3-4,7-8,10-12H,5-6,9H2,1-2H3;2*1H;/q-1;;;+3/p-2. The van der Waals surface area contributed by atoms with Crippen molar-refractivity contribution in [1.29, 1.82) is 0 Å². The topological polar surface area (TPSA) is 26.5 Å². The molecule has 1 aliphatic rings. The van der Waals surface area contributed by atoms with Crippen molar-refractivity contribution in [2.45, 2.75) is 38.6 Å². The minimum atomic E-state index is 0.194. The van der Waals surface area contributed by atoms with Crippen LogP contribution in [0.3, 0.4) is 0 Å². The molecule has 1 heterocycles. The second-order valence-electron chi connectivity index (χ2n) is 4.66. The first-order valence-electron chi connectivity index (χ1n) is 6.34. The van der Waals surface area contributed by atoms with Gasteiger partial charge in [-0.25, -0.2) is 0 Å². The molecule has 0 N–H and O–H groups in total. The molecule has 0 radical (unpaired) electrons. The quantitative estimate of drug-likeness (QED) is 0.518. The van der Waals surface area contributed by atoms with Crippen molar-refractivity contribution in [2.24, 2.45) is 4.99 Å². The van der Waals surface area contributed by atoms with E-state index in [1.807, 2.05) is 12.3 Å². The fourth-order valence-electron chi connectivity index (χ4n) is 2.03. The van der Waals surface area contributed by atoms with Gasteiger partial charge in [0.2, 0.25) is 0 Å². The summed E-state index contributed by atoms with van der Waals surface area (Å²) in [5, 5.41) is 4.48. The predicted octanol–water partition coefficient (Wildman–Crippen LogP) is 5.42. The second-order valence-corrected chi connectivity index (χ2v) is 6.48. The summed E-state index contributed by atoms with van der Waals surface area (Å²) >= 11 is 0.194. The molecule has 1 fully saturated rings. The molecule has 0 saturated carbocycles. The summed E-state index contributed by atoms with van der Waals surface area (Å²) in [4.78, 5) is 4.59. The van der Waals surface area contributed by atoms with E-state index >= 15 is 0 Å². The molecule has 0 spiro atoms. The summed E-state index contributed by atoms with van der Waals surface area (Å²) in [6.07, 6.45) is 4.38. The third-order valence-corrected chi connectivity index (χ3v) is 2.97. The first-order valence-corrected chi connectivity index (χ1v) is 9.37. The van der Waals surface area contributed by atoms with Crippen LogP contribution >= 0.6 is 20.2 Å².